The van der Waals surface area contributed by atoms with Crippen molar-refractivity contribution in [1.82, 2.24) is 9.78 Å². The van der Waals surface area contributed by atoms with E-state index in [1.165, 1.54) is 10.2 Å². The molecule has 1 fully saturated rings. The highest BCUT2D eigenvalue weighted by Gasteiger charge is 2.23. The molecule has 0 aliphatic carbocycles. The molecule has 0 unspecified atom stereocenters. The summed E-state index contributed by atoms with van der Waals surface area (Å²) in [6, 6.07) is 10.2. The maximum Gasteiger partial charge on any atom is 0.120 e. The topological polar surface area (TPSA) is 39.6 Å². The van der Waals surface area contributed by atoms with Gasteiger partial charge in [0.2, 0.25) is 0 Å². The molecule has 0 radical (unpaired) electrons. The van der Waals surface area contributed by atoms with Crippen molar-refractivity contribution in [2.24, 2.45) is 7.05 Å². The third-order valence-corrected chi connectivity index (χ3v) is 4.31. The second kappa shape index (κ2) is 4.61. The molecule has 0 amide bonds. The van der Waals surface area contributed by atoms with Crippen LogP contribution in [-0.4, -0.2) is 29.1 Å². The number of benzene rings is 1. The van der Waals surface area contributed by atoms with Crippen LogP contribution in [0.3, 0.4) is 0 Å². The third-order valence-electron chi connectivity index (χ3n) is 3.40. The highest BCUT2D eigenvalue weighted by molar-refractivity contribution is 7.17. The fraction of sp³-hybridized carbons (Fsp3) is 0.267. The number of thiophene rings is 1. The molecule has 1 aromatic carbocycles. The molecule has 4 rings (SSSR count). The Morgan fingerprint density at radius 2 is 2.35 bits per heavy atom. The first-order valence-electron chi connectivity index (χ1n) is 6.56. The van der Waals surface area contributed by atoms with E-state index in [-0.39, 0.29) is 6.10 Å². The van der Waals surface area contributed by atoms with Gasteiger partial charge in [-0.05, 0) is 23.6 Å². The molecule has 1 saturated heterocycles. The Kier molecular flexibility index (Phi) is 2.75. The summed E-state index contributed by atoms with van der Waals surface area (Å²) >= 11 is 1.72. The van der Waals surface area contributed by atoms with Crippen molar-refractivity contribution in [2.45, 2.75) is 6.10 Å². The van der Waals surface area contributed by atoms with Crippen LogP contribution in [0.4, 0.5) is 0 Å². The van der Waals surface area contributed by atoms with Gasteiger partial charge in [-0.15, -0.1) is 11.3 Å². The Balaban J connectivity index is 1.69. The number of hydrogen-bond acceptors (Lipinski definition) is 4. The van der Waals surface area contributed by atoms with Gasteiger partial charge in [-0.2, -0.15) is 5.10 Å². The van der Waals surface area contributed by atoms with Crippen molar-refractivity contribution >= 4 is 21.6 Å². The molecule has 2 aromatic heterocycles. The number of ether oxygens (including phenoxy) is 2. The molecule has 0 saturated carbocycles. The minimum absolute atomic E-state index is 0.275. The first-order valence-corrected chi connectivity index (χ1v) is 7.44. The molecule has 0 spiro atoms. The zero-order chi connectivity index (χ0) is 13.5. The Hall–Kier alpha value is -1.85. The van der Waals surface area contributed by atoms with Gasteiger partial charge in [-0.25, -0.2) is 0 Å². The fourth-order valence-corrected chi connectivity index (χ4v) is 3.18. The van der Waals surface area contributed by atoms with Crippen LogP contribution in [0.25, 0.3) is 21.5 Å². The van der Waals surface area contributed by atoms with Gasteiger partial charge in [0.15, 0.2) is 0 Å². The molecule has 1 atom stereocenters. The standard InChI is InChI=1S/C15H14N2O2S/c1-17-13-5-6-20-15(13)14(16-17)10-3-2-4-11(7-10)18-8-12-9-19-12/h2-7,12H,8-9H2,1H3/t12-/m0/s1. The Morgan fingerprint density at radius 3 is 3.20 bits per heavy atom. The highest BCUT2D eigenvalue weighted by atomic mass is 32.1. The van der Waals surface area contributed by atoms with Crippen LogP contribution in [0.5, 0.6) is 5.75 Å². The van der Waals surface area contributed by atoms with E-state index in [4.69, 9.17) is 9.47 Å². The second-order valence-corrected chi connectivity index (χ2v) is 5.82. The molecule has 3 aromatic rings. The number of fused-ring (bicyclic) bond motifs is 1. The van der Waals surface area contributed by atoms with Crippen LogP contribution in [0, 0.1) is 0 Å². The van der Waals surface area contributed by atoms with E-state index in [9.17, 15) is 0 Å². The van der Waals surface area contributed by atoms with Crippen LogP contribution in [0.15, 0.2) is 35.7 Å². The average Bonchev–Trinajstić information content (AvgIpc) is 3.07. The van der Waals surface area contributed by atoms with E-state index in [0.29, 0.717) is 6.61 Å². The number of epoxide rings is 1. The molecule has 20 heavy (non-hydrogen) atoms. The molecule has 1 aliphatic heterocycles. The van der Waals surface area contributed by atoms with E-state index in [2.05, 4.69) is 22.6 Å². The summed E-state index contributed by atoms with van der Waals surface area (Å²) in [7, 11) is 1.98. The minimum atomic E-state index is 0.275. The maximum atomic E-state index is 5.74. The Bertz CT molecular complexity index is 758. The number of rotatable bonds is 4. The van der Waals surface area contributed by atoms with Crippen molar-refractivity contribution < 1.29 is 9.47 Å². The smallest absolute Gasteiger partial charge is 0.120 e. The molecule has 5 heteroatoms. The van der Waals surface area contributed by atoms with Gasteiger partial charge in [0, 0.05) is 12.6 Å². The molecule has 4 nitrogen and oxygen atoms in total. The van der Waals surface area contributed by atoms with Gasteiger partial charge in [0.25, 0.3) is 0 Å². The largest absolute Gasteiger partial charge is 0.491 e. The van der Waals surface area contributed by atoms with Crippen molar-refractivity contribution in [3.05, 3.63) is 35.7 Å². The van der Waals surface area contributed by atoms with E-state index in [1.807, 2.05) is 29.9 Å². The number of aryl methyl sites for hydroxylation is 1. The van der Waals surface area contributed by atoms with Crippen LogP contribution in [0.1, 0.15) is 0 Å². The van der Waals surface area contributed by atoms with Gasteiger partial charge in [-0.3, -0.25) is 4.68 Å². The summed E-state index contributed by atoms with van der Waals surface area (Å²) < 4.78 is 14.0. The van der Waals surface area contributed by atoms with Gasteiger partial charge >= 0.3 is 0 Å². The van der Waals surface area contributed by atoms with Gasteiger partial charge in [-0.1, -0.05) is 12.1 Å². The summed E-state index contributed by atoms with van der Waals surface area (Å²) in [5.41, 5.74) is 3.28. The maximum absolute atomic E-state index is 5.74. The summed E-state index contributed by atoms with van der Waals surface area (Å²) in [4.78, 5) is 0. The van der Waals surface area contributed by atoms with Crippen molar-refractivity contribution in [2.75, 3.05) is 13.2 Å². The van der Waals surface area contributed by atoms with E-state index in [0.717, 1.165) is 23.6 Å². The van der Waals surface area contributed by atoms with Crippen molar-refractivity contribution in [1.29, 1.82) is 0 Å². The highest BCUT2D eigenvalue weighted by Crippen LogP contribution is 2.33. The van der Waals surface area contributed by atoms with Crippen LogP contribution in [-0.2, 0) is 11.8 Å². The fourth-order valence-electron chi connectivity index (χ4n) is 2.26. The number of nitrogens with zero attached hydrogens (tertiary/aromatic N) is 2. The third kappa shape index (κ3) is 2.09. The zero-order valence-corrected chi connectivity index (χ0v) is 11.9. The molecule has 0 N–H and O–H groups in total. The molecular formula is C15H14N2O2S. The summed E-state index contributed by atoms with van der Waals surface area (Å²) in [6.07, 6.45) is 0.275. The lowest BCUT2D eigenvalue weighted by Crippen LogP contribution is -2.03. The number of hydrogen-bond donors (Lipinski definition) is 0. The Morgan fingerprint density at radius 1 is 1.45 bits per heavy atom. The molecular weight excluding hydrogens is 272 g/mol. The van der Waals surface area contributed by atoms with Crippen molar-refractivity contribution in [3.8, 4) is 17.0 Å². The lowest BCUT2D eigenvalue weighted by molar-refractivity contribution is 0.263. The van der Waals surface area contributed by atoms with E-state index >= 15 is 0 Å². The van der Waals surface area contributed by atoms with Crippen LogP contribution in [0.2, 0.25) is 0 Å². The summed E-state index contributed by atoms with van der Waals surface area (Å²) in [6.45, 7) is 1.44. The molecule has 0 bridgehead atoms. The lowest BCUT2D eigenvalue weighted by Gasteiger charge is -2.05. The van der Waals surface area contributed by atoms with E-state index in [1.54, 1.807) is 11.3 Å². The van der Waals surface area contributed by atoms with Gasteiger partial charge < -0.3 is 9.47 Å². The van der Waals surface area contributed by atoms with E-state index < -0.39 is 0 Å². The van der Waals surface area contributed by atoms with Crippen molar-refractivity contribution in [3.63, 3.8) is 0 Å². The zero-order valence-electron chi connectivity index (χ0n) is 11.1. The summed E-state index contributed by atoms with van der Waals surface area (Å²) in [5.74, 6) is 0.869. The quantitative estimate of drug-likeness (QED) is 0.692. The first-order chi connectivity index (χ1) is 9.81. The van der Waals surface area contributed by atoms with Gasteiger partial charge in [0.05, 0.1) is 16.8 Å². The first kappa shape index (κ1) is 11.9. The SMILES string of the molecule is Cn1nc(-c2cccc(OC[C@H]3CO3)c2)c2sccc21. The normalized spacial score (nSPS) is 17.6. The number of aromatic nitrogens is 2. The van der Waals surface area contributed by atoms with Crippen LogP contribution < -0.4 is 4.74 Å². The lowest BCUT2D eigenvalue weighted by atomic mass is 10.1. The predicted octanol–water partition coefficient (Wildman–Crippen LogP) is 3.08. The Labute approximate surface area is 120 Å². The average molecular weight is 286 g/mol. The summed E-state index contributed by atoms with van der Waals surface area (Å²) in [5, 5.41) is 6.71. The molecule has 102 valence electrons. The van der Waals surface area contributed by atoms with Gasteiger partial charge in [0.1, 0.15) is 24.2 Å². The predicted molar refractivity (Wildman–Crippen MR) is 79.3 cm³/mol. The molecule has 3 heterocycles. The molecule has 1 aliphatic rings. The monoisotopic (exact) mass is 286 g/mol. The minimum Gasteiger partial charge on any atom is -0.491 e. The second-order valence-electron chi connectivity index (χ2n) is 4.90. The van der Waals surface area contributed by atoms with Crippen LogP contribution >= 0.6 is 11.3 Å².